The minimum Gasteiger partial charge on any atom is -0.489 e. The molecule has 1 aliphatic heterocycles. The lowest BCUT2D eigenvalue weighted by Crippen LogP contribution is -2.29. The van der Waals surface area contributed by atoms with Gasteiger partial charge in [0, 0.05) is 5.56 Å². The zero-order chi connectivity index (χ0) is 13.8. The van der Waals surface area contributed by atoms with Gasteiger partial charge < -0.3 is 4.74 Å². The fraction of sp³-hybridized carbons (Fsp3) is 0.176. The van der Waals surface area contributed by atoms with Crippen LogP contribution in [0, 0.1) is 0 Å². The Morgan fingerprint density at radius 1 is 1.10 bits per heavy atom. The number of nitrogens with one attached hydrogen (secondary N) is 1. The first-order valence-electron chi connectivity index (χ1n) is 6.65. The molecule has 1 aliphatic rings. The molecule has 3 rings (SSSR count). The summed E-state index contributed by atoms with van der Waals surface area (Å²) in [7, 11) is 0. The molecule has 1 N–H and O–H groups in total. The Kier molecular flexibility index (Phi) is 3.81. The van der Waals surface area contributed by atoms with Gasteiger partial charge in [0.1, 0.15) is 12.4 Å². The maximum atomic E-state index is 5.64. The fourth-order valence-corrected chi connectivity index (χ4v) is 2.25. The van der Waals surface area contributed by atoms with Crippen LogP contribution < -0.4 is 10.2 Å². The van der Waals surface area contributed by atoms with E-state index < -0.39 is 0 Å². The SMILES string of the molecule is C=C1COc2ccccc2C1NOCc1ccccc1. The van der Waals surface area contributed by atoms with Crippen molar-refractivity contribution in [2.75, 3.05) is 6.61 Å². The van der Waals surface area contributed by atoms with Crippen molar-refractivity contribution in [1.82, 2.24) is 5.48 Å². The maximum Gasteiger partial charge on any atom is 0.124 e. The summed E-state index contributed by atoms with van der Waals surface area (Å²) in [5.41, 5.74) is 6.26. The topological polar surface area (TPSA) is 30.5 Å². The Labute approximate surface area is 118 Å². The van der Waals surface area contributed by atoms with Gasteiger partial charge in [0.2, 0.25) is 0 Å². The molecule has 0 spiro atoms. The van der Waals surface area contributed by atoms with Crippen LogP contribution in [0.15, 0.2) is 66.7 Å². The van der Waals surface area contributed by atoms with Crippen molar-refractivity contribution in [3.05, 3.63) is 77.9 Å². The summed E-state index contributed by atoms with van der Waals surface area (Å²) in [6.45, 7) is 5.09. The van der Waals surface area contributed by atoms with Gasteiger partial charge in [-0.2, -0.15) is 5.48 Å². The zero-order valence-electron chi connectivity index (χ0n) is 11.2. The first-order chi connectivity index (χ1) is 9.84. The van der Waals surface area contributed by atoms with E-state index in [1.165, 1.54) is 0 Å². The maximum absolute atomic E-state index is 5.64. The molecule has 1 heterocycles. The van der Waals surface area contributed by atoms with E-state index in [4.69, 9.17) is 9.57 Å². The number of rotatable bonds is 4. The third-order valence-electron chi connectivity index (χ3n) is 3.33. The van der Waals surface area contributed by atoms with Crippen LogP contribution in [0.2, 0.25) is 0 Å². The second-order valence-corrected chi connectivity index (χ2v) is 4.81. The van der Waals surface area contributed by atoms with E-state index >= 15 is 0 Å². The van der Waals surface area contributed by atoms with Crippen LogP contribution in [0.5, 0.6) is 5.75 Å². The average molecular weight is 267 g/mol. The van der Waals surface area contributed by atoms with Gasteiger partial charge in [-0.15, -0.1) is 0 Å². The van der Waals surface area contributed by atoms with Crippen LogP contribution in [0.1, 0.15) is 17.2 Å². The highest BCUT2D eigenvalue weighted by Crippen LogP contribution is 2.33. The molecule has 0 bridgehead atoms. The van der Waals surface area contributed by atoms with Crippen molar-refractivity contribution >= 4 is 0 Å². The fourth-order valence-electron chi connectivity index (χ4n) is 2.25. The number of hydrogen-bond donors (Lipinski definition) is 1. The highest BCUT2D eigenvalue weighted by molar-refractivity contribution is 5.42. The summed E-state index contributed by atoms with van der Waals surface area (Å²) < 4.78 is 5.64. The Morgan fingerprint density at radius 2 is 1.85 bits per heavy atom. The lowest BCUT2D eigenvalue weighted by Gasteiger charge is -2.28. The van der Waals surface area contributed by atoms with Crippen molar-refractivity contribution in [2.24, 2.45) is 0 Å². The standard InChI is InChI=1S/C17H17NO2/c1-13-11-19-16-10-6-5-9-15(16)17(13)18-20-12-14-7-3-2-4-8-14/h2-10,17-18H,1,11-12H2. The van der Waals surface area contributed by atoms with Crippen molar-refractivity contribution < 1.29 is 9.57 Å². The number of para-hydroxylation sites is 1. The predicted molar refractivity (Wildman–Crippen MR) is 78.2 cm³/mol. The summed E-state index contributed by atoms with van der Waals surface area (Å²) >= 11 is 0. The zero-order valence-corrected chi connectivity index (χ0v) is 11.2. The molecule has 1 unspecified atom stereocenters. The van der Waals surface area contributed by atoms with Gasteiger partial charge in [0.15, 0.2) is 0 Å². The molecule has 102 valence electrons. The molecule has 0 saturated heterocycles. The second-order valence-electron chi connectivity index (χ2n) is 4.81. The molecule has 0 saturated carbocycles. The molecule has 0 radical (unpaired) electrons. The van der Waals surface area contributed by atoms with Crippen LogP contribution in [-0.2, 0) is 11.4 Å². The Bertz CT molecular complexity index is 595. The van der Waals surface area contributed by atoms with Crippen molar-refractivity contribution in [3.63, 3.8) is 0 Å². The monoisotopic (exact) mass is 267 g/mol. The molecule has 3 nitrogen and oxygen atoms in total. The third-order valence-corrected chi connectivity index (χ3v) is 3.33. The smallest absolute Gasteiger partial charge is 0.124 e. The molecule has 0 aromatic heterocycles. The molecular weight excluding hydrogens is 250 g/mol. The molecule has 0 amide bonds. The Morgan fingerprint density at radius 3 is 2.70 bits per heavy atom. The van der Waals surface area contributed by atoms with Gasteiger partial charge >= 0.3 is 0 Å². The van der Waals surface area contributed by atoms with Crippen LogP contribution in [0.3, 0.4) is 0 Å². The van der Waals surface area contributed by atoms with E-state index in [2.05, 4.69) is 12.1 Å². The first-order valence-corrected chi connectivity index (χ1v) is 6.65. The van der Waals surface area contributed by atoms with E-state index in [1.54, 1.807) is 0 Å². The third kappa shape index (κ3) is 2.74. The molecule has 3 heteroatoms. The van der Waals surface area contributed by atoms with Gasteiger partial charge in [0.25, 0.3) is 0 Å². The van der Waals surface area contributed by atoms with E-state index in [-0.39, 0.29) is 6.04 Å². The van der Waals surface area contributed by atoms with Gasteiger partial charge in [-0.1, -0.05) is 55.1 Å². The largest absolute Gasteiger partial charge is 0.489 e. The molecule has 2 aromatic carbocycles. The molecule has 1 atom stereocenters. The second kappa shape index (κ2) is 5.90. The van der Waals surface area contributed by atoms with Gasteiger partial charge in [-0.05, 0) is 17.2 Å². The van der Waals surface area contributed by atoms with Gasteiger partial charge in [-0.25, -0.2) is 0 Å². The minimum atomic E-state index is -0.0244. The molecule has 0 fully saturated rings. The van der Waals surface area contributed by atoms with E-state index in [1.807, 2.05) is 54.6 Å². The molecular formula is C17H17NO2. The summed E-state index contributed by atoms with van der Waals surface area (Å²) in [5.74, 6) is 0.890. The summed E-state index contributed by atoms with van der Waals surface area (Å²) in [6, 6.07) is 18.0. The quantitative estimate of drug-likeness (QED) is 0.680. The Balaban J connectivity index is 1.66. The van der Waals surface area contributed by atoms with Crippen LogP contribution in [-0.4, -0.2) is 6.61 Å². The van der Waals surface area contributed by atoms with Crippen LogP contribution >= 0.6 is 0 Å². The predicted octanol–water partition coefficient (Wildman–Crippen LogP) is 3.40. The lowest BCUT2D eigenvalue weighted by atomic mass is 9.98. The van der Waals surface area contributed by atoms with E-state index in [9.17, 15) is 0 Å². The molecule has 0 aliphatic carbocycles. The van der Waals surface area contributed by atoms with Gasteiger partial charge in [-0.3, -0.25) is 4.84 Å². The number of ether oxygens (including phenoxy) is 1. The highest BCUT2D eigenvalue weighted by Gasteiger charge is 2.24. The lowest BCUT2D eigenvalue weighted by molar-refractivity contribution is 0.00646. The highest BCUT2D eigenvalue weighted by atomic mass is 16.6. The van der Waals surface area contributed by atoms with Crippen LogP contribution in [0.4, 0.5) is 0 Å². The van der Waals surface area contributed by atoms with Crippen molar-refractivity contribution in [2.45, 2.75) is 12.6 Å². The average Bonchev–Trinajstić information content (AvgIpc) is 2.50. The molecule has 20 heavy (non-hydrogen) atoms. The number of hydroxylamine groups is 1. The normalized spacial score (nSPS) is 17.4. The number of fused-ring (bicyclic) bond motifs is 1. The molecule has 2 aromatic rings. The number of hydrogen-bond acceptors (Lipinski definition) is 3. The first kappa shape index (κ1) is 12.9. The number of benzene rings is 2. The van der Waals surface area contributed by atoms with Gasteiger partial charge in [0.05, 0.1) is 12.6 Å². The van der Waals surface area contributed by atoms with Crippen LogP contribution in [0.25, 0.3) is 0 Å². The van der Waals surface area contributed by atoms with E-state index in [0.717, 1.165) is 22.4 Å². The Hall–Kier alpha value is -2.10. The van der Waals surface area contributed by atoms with Crippen molar-refractivity contribution in [3.8, 4) is 5.75 Å². The van der Waals surface area contributed by atoms with Crippen molar-refractivity contribution in [1.29, 1.82) is 0 Å². The summed E-state index contributed by atoms with van der Waals surface area (Å²) in [5, 5.41) is 0. The minimum absolute atomic E-state index is 0.0244. The summed E-state index contributed by atoms with van der Waals surface area (Å²) in [6.07, 6.45) is 0. The van der Waals surface area contributed by atoms with E-state index in [0.29, 0.717) is 13.2 Å². The summed E-state index contributed by atoms with van der Waals surface area (Å²) in [4.78, 5) is 5.62.